The molecule has 0 fully saturated rings. The van der Waals surface area contributed by atoms with E-state index in [0.717, 1.165) is 12.3 Å². The number of benzene rings is 1. The summed E-state index contributed by atoms with van der Waals surface area (Å²) in [4.78, 5) is 0. The van der Waals surface area contributed by atoms with Crippen molar-refractivity contribution < 1.29 is 5.11 Å². The first kappa shape index (κ1) is 13.1. The molecule has 1 nitrogen and oxygen atoms in total. The number of phenolic OH excluding ortho intramolecular Hbond substituents is 1. The molecule has 1 heteroatoms. The van der Waals surface area contributed by atoms with Crippen LogP contribution in [0.2, 0.25) is 0 Å². The predicted molar refractivity (Wildman–Crippen MR) is 69.7 cm³/mol. The Morgan fingerprint density at radius 1 is 1.06 bits per heavy atom. The second kappa shape index (κ2) is 7.32. The van der Waals surface area contributed by atoms with Crippen LogP contribution in [-0.4, -0.2) is 5.11 Å². The van der Waals surface area contributed by atoms with Gasteiger partial charge >= 0.3 is 0 Å². The van der Waals surface area contributed by atoms with Gasteiger partial charge < -0.3 is 5.11 Å². The average Bonchev–Trinajstić information content (AvgIpc) is 2.29. The summed E-state index contributed by atoms with van der Waals surface area (Å²) in [5.74, 6) is 1.18. The van der Waals surface area contributed by atoms with Gasteiger partial charge in [0.1, 0.15) is 5.75 Å². The molecule has 0 aromatic heterocycles. The van der Waals surface area contributed by atoms with E-state index in [1.807, 2.05) is 12.1 Å². The molecule has 0 heterocycles. The quantitative estimate of drug-likeness (QED) is 0.669. The monoisotopic (exact) mass is 220 g/mol. The fourth-order valence-corrected chi connectivity index (χ4v) is 1.96. The molecule has 1 rings (SSSR count). The molecule has 1 atom stereocenters. The highest BCUT2D eigenvalue weighted by atomic mass is 16.3. The summed E-state index contributed by atoms with van der Waals surface area (Å²) in [5, 5.41) is 9.18. The van der Waals surface area contributed by atoms with E-state index in [0.29, 0.717) is 5.75 Å². The van der Waals surface area contributed by atoms with Crippen LogP contribution in [-0.2, 0) is 6.42 Å². The maximum absolute atomic E-state index is 9.18. The third-order valence-corrected chi connectivity index (χ3v) is 3.16. The van der Waals surface area contributed by atoms with E-state index in [4.69, 9.17) is 0 Å². The van der Waals surface area contributed by atoms with E-state index in [-0.39, 0.29) is 0 Å². The van der Waals surface area contributed by atoms with Crippen LogP contribution >= 0.6 is 0 Å². The van der Waals surface area contributed by atoms with E-state index in [2.05, 4.69) is 13.8 Å². The Kier molecular flexibility index (Phi) is 5.99. The number of hydrogen-bond acceptors (Lipinski definition) is 1. The molecule has 0 aliphatic heterocycles. The van der Waals surface area contributed by atoms with Crippen LogP contribution in [0.4, 0.5) is 0 Å². The van der Waals surface area contributed by atoms with Crippen LogP contribution in [0.25, 0.3) is 0 Å². The maximum atomic E-state index is 9.18. The van der Waals surface area contributed by atoms with Crippen LogP contribution < -0.4 is 0 Å². The highest BCUT2D eigenvalue weighted by Gasteiger charge is 2.02. The number of phenols is 1. The zero-order valence-corrected chi connectivity index (χ0v) is 10.6. The van der Waals surface area contributed by atoms with Crippen molar-refractivity contribution in [2.45, 2.75) is 52.4 Å². The molecule has 0 saturated carbocycles. The molecule has 90 valence electrons. The van der Waals surface area contributed by atoms with Gasteiger partial charge in [0.15, 0.2) is 0 Å². The molecule has 1 N–H and O–H groups in total. The minimum atomic E-state index is 0.361. The summed E-state index contributed by atoms with van der Waals surface area (Å²) in [6.45, 7) is 4.59. The average molecular weight is 220 g/mol. The van der Waals surface area contributed by atoms with Crippen molar-refractivity contribution in [3.05, 3.63) is 29.8 Å². The molecule has 0 bridgehead atoms. The maximum Gasteiger partial charge on any atom is 0.115 e. The van der Waals surface area contributed by atoms with E-state index in [1.165, 1.54) is 37.7 Å². The molecule has 0 amide bonds. The lowest BCUT2D eigenvalue weighted by Gasteiger charge is -2.10. The van der Waals surface area contributed by atoms with E-state index in [1.54, 1.807) is 12.1 Å². The van der Waals surface area contributed by atoms with Crippen LogP contribution in [0.1, 0.15) is 51.5 Å². The second-order valence-electron chi connectivity index (χ2n) is 4.81. The van der Waals surface area contributed by atoms with Crippen molar-refractivity contribution in [2.24, 2.45) is 5.92 Å². The summed E-state index contributed by atoms with van der Waals surface area (Å²) < 4.78 is 0. The molecule has 0 aliphatic carbocycles. The first-order valence-corrected chi connectivity index (χ1v) is 6.50. The minimum absolute atomic E-state index is 0.361. The van der Waals surface area contributed by atoms with Gasteiger partial charge in [-0.05, 0) is 36.5 Å². The number of unbranched alkanes of at least 4 members (excludes halogenated alkanes) is 2. The van der Waals surface area contributed by atoms with Crippen molar-refractivity contribution >= 4 is 0 Å². The first-order valence-electron chi connectivity index (χ1n) is 6.50. The lowest BCUT2D eigenvalue weighted by Crippen LogP contribution is -1.97. The van der Waals surface area contributed by atoms with Gasteiger partial charge in [0.25, 0.3) is 0 Å². The van der Waals surface area contributed by atoms with Gasteiger partial charge in [-0.25, -0.2) is 0 Å². The van der Waals surface area contributed by atoms with Crippen molar-refractivity contribution in [1.82, 2.24) is 0 Å². The van der Waals surface area contributed by atoms with Gasteiger partial charge in [-0.3, -0.25) is 0 Å². The SMILES string of the molecule is CCCCCC(C)CCc1ccc(O)cc1. The molecular formula is C15H24O. The van der Waals surface area contributed by atoms with Crippen molar-refractivity contribution in [2.75, 3.05) is 0 Å². The first-order chi connectivity index (χ1) is 7.72. The Bertz CT molecular complexity index is 276. The minimum Gasteiger partial charge on any atom is -0.508 e. The van der Waals surface area contributed by atoms with Gasteiger partial charge in [-0.2, -0.15) is 0 Å². The van der Waals surface area contributed by atoms with Gasteiger partial charge in [-0.1, -0.05) is 51.7 Å². The van der Waals surface area contributed by atoms with E-state index < -0.39 is 0 Å². The molecule has 1 unspecified atom stereocenters. The van der Waals surface area contributed by atoms with E-state index >= 15 is 0 Å². The summed E-state index contributed by atoms with van der Waals surface area (Å²) in [6.07, 6.45) is 7.79. The molecule has 0 radical (unpaired) electrons. The number of aromatic hydroxyl groups is 1. The fraction of sp³-hybridized carbons (Fsp3) is 0.600. The molecule has 1 aromatic rings. The van der Waals surface area contributed by atoms with Crippen LogP contribution in [0.5, 0.6) is 5.75 Å². The topological polar surface area (TPSA) is 20.2 Å². The zero-order valence-electron chi connectivity index (χ0n) is 10.6. The Morgan fingerprint density at radius 2 is 1.75 bits per heavy atom. The fourth-order valence-electron chi connectivity index (χ4n) is 1.96. The predicted octanol–water partition coefficient (Wildman–Crippen LogP) is 4.54. The molecule has 0 aliphatic rings. The number of hydrogen-bond donors (Lipinski definition) is 1. The standard InChI is InChI=1S/C15H24O/c1-3-4-5-6-13(2)7-8-14-9-11-15(16)12-10-14/h9-13,16H,3-8H2,1-2H3. The van der Waals surface area contributed by atoms with Crippen molar-refractivity contribution in [3.8, 4) is 5.75 Å². The van der Waals surface area contributed by atoms with Crippen molar-refractivity contribution in [1.29, 1.82) is 0 Å². The molecular weight excluding hydrogens is 196 g/mol. The molecule has 0 saturated heterocycles. The Morgan fingerprint density at radius 3 is 2.38 bits per heavy atom. The molecule has 0 spiro atoms. The van der Waals surface area contributed by atoms with Crippen LogP contribution in [0.15, 0.2) is 24.3 Å². The third kappa shape index (κ3) is 5.20. The molecule has 16 heavy (non-hydrogen) atoms. The van der Waals surface area contributed by atoms with Crippen molar-refractivity contribution in [3.63, 3.8) is 0 Å². The Labute approximate surface area is 99.5 Å². The highest BCUT2D eigenvalue weighted by Crippen LogP contribution is 2.17. The smallest absolute Gasteiger partial charge is 0.115 e. The summed E-state index contributed by atoms with van der Waals surface area (Å²) >= 11 is 0. The summed E-state index contributed by atoms with van der Waals surface area (Å²) in [5.41, 5.74) is 1.33. The third-order valence-electron chi connectivity index (χ3n) is 3.16. The lowest BCUT2D eigenvalue weighted by molar-refractivity contribution is 0.463. The summed E-state index contributed by atoms with van der Waals surface area (Å²) in [7, 11) is 0. The van der Waals surface area contributed by atoms with Crippen LogP contribution in [0, 0.1) is 5.92 Å². The molecule has 1 aromatic carbocycles. The van der Waals surface area contributed by atoms with Gasteiger partial charge in [0.2, 0.25) is 0 Å². The second-order valence-corrected chi connectivity index (χ2v) is 4.81. The summed E-state index contributed by atoms with van der Waals surface area (Å²) in [6, 6.07) is 7.59. The zero-order chi connectivity index (χ0) is 11.8. The van der Waals surface area contributed by atoms with Crippen LogP contribution in [0.3, 0.4) is 0 Å². The number of aryl methyl sites for hydroxylation is 1. The van der Waals surface area contributed by atoms with Gasteiger partial charge in [0.05, 0.1) is 0 Å². The van der Waals surface area contributed by atoms with Gasteiger partial charge in [-0.15, -0.1) is 0 Å². The Hall–Kier alpha value is -0.980. The Balaban J connectivity index is 2.20. The van der Waals surface area contributed by atoms with E-state index in [9.17, 15) is 5.11 Å². The largest absolute Gasteiger partial charge is 0.508 e. The van der Waals surface area contributed by atoms with Gasteiger partial charge in [0, 0.05) is 0 Å². The highest BCUT2D eigenvalue weighted by molar-refractivity contribution is 5.25. The number of rotatable bonds is 7. The lowest BCUT2D eigenvalue weighted by atomic mass is 9.96. The normalized spacial score (nSPS) is 12.6.